The normalized spacial score (nSPS) is 13.9. The second-order valence-electron chi connectivity index (χ2n) is 8.23. The van der Waals surface area contributed by atoms with Gasteiger partial charge in [0.1, 0.15) is 11.6 Å². The molecule has 1 aliphatic heterocycles. The van der Waals surface area contributed by atoms with Crippen LogP contribution in [0.2, 0.25) is 0 Å². The largest absolute Gasteiger partial charge is 0.497 e. The number of fused-ring (bicyclic) bond motifs is 2. The number of rotatable bonds is 5. The van der Waals surface area contributed by atoms with Gasteiger partial charge in [0, 0.05) is 23.4 Å². The van der Waals surface area contributed by atoms with Gasteiger partial charge in [0.25, 0.3) is 0 Å². The first-order chi connectivity index (χ1) is 16.6. The van der Waals surface area contributed by atoms with Crippen molar-refractivity contribution in [2.24, 2.45) is 5.92 Å². The third-order valence-electron chi connectivity index (χ3n) is 5.65. The molecule has 6 rings (SSSR count). The third kappa shape index (κ3) is 4.78. The molecule has 1 saturated carbocycles. The molecule has 0 unspecified atom stereocenters. The van der Waals surface area contributed by atoms with Crippen LogP contribution in [0.4, 0.5) is 17.3 Å². The van der Waals surface area contributed by atoms with Crippen LogP contribution in [0.1, 0.15) is 24.4 Å². The van der Waals surface area contributed by atoms with E-state index in [1.54, 1.807) is 7.11 Å². The lowest BCUT2D eigenvalue weighted by molar-refractivity contribution is -0.117. The Bertz CT molecular complexity index is 1310. The lowest BCUT2D eigenvalue weighted by Gasteiger charge is -2.08. The smallest absolute Gasteiger partial charge is 0.227 e. The maximum atomic E-state index is 11.4. The number of aryl methyl sites for hydroxylation is 1. The quantitative estimate of drug-likeness (QED) is 0.406. The van der Waals surface area contributed by atoms with Crippen LogP contribution in [-0.4, -0.2) is 39.8 Å². The second-order valence-corrected chi connectivity index (χ2v) is 8.23. The van der Waals surface area contributed by atoms with E-state index in [9.17, 15) is 4.79 Å². The summed E-state index contributed by atoms with van der Waals surface area (Å²) in [6.45, 7) is 2.54. The molecule has 2 aliphatic rings. The predicted octanol–water partition coefficient (Wildman–Crippen LogP) is 4.38. The maximum absolute atomic E-state index is 11.4. The number of amides is 1. The fourth-order valence-electron chi connectivity index (χ4n) is 3.71. The summed E-state index contributed by atoms with van der Waals surface area (Å²) in [5, 5.41) is 14.4. The summed E-state index contributed by atoms with van der Waals surface area (Å²) in [6.07, 6.45) is 2.89. The molecule has 1 amide bonds. The molecule has 9 heteroatoms. The summed E-state index contributed by atoms with van der Waals surface area (Å²) in [4.78, 5) is 20.2. The highest BCUT2D eigenvalue weighted by atomic mass is 16.5. The number of carbonyl (C=O) groups is 1. The Hall–Kier alpha value is -4.14. The number of hydrogen-bond donors (Lipinski definition) is 3. The van der Waals surface area contributed by atoms with E-state index in [0.717, 1.165) is 64.7 Å². The number of H-pyrrole nitrogens is 1. The standard InChI is InChI=1S/C14H13N5O.C11H13NO2/c1-8-15-11-6-7-20-12(11)14(16-8)17-13-9-4-2-3-5-10(9)18-19-13;1-14-10-6-4-9(5-7-10)12-11(13)8-2-3-8/h2-5H,6-7H2,1H3,(H2,15,16,17,18,19);4-8H,2-3H2,1H3,(H,12,13). The zero-order valence-corrected chi connectivity index (χ0v) is 19.1. The van der Waals surface area contributed by atoms with Crippen molar-refractivity contribution in [1.29, 1.82) is 0 Å². The van der Waals surface area contributed by atoms with Crippen molar-refractivity contribution < 1.29 is 14.3 Å². The van der Waals surface area contributed by atoms with Gasteiger partial charge in [-0.1, -0.05) is 12.1 Å². The van der Waals surface area contributed by atoms with E-state index in [1.807, 2.05) is 55.5 Å². The zero-order valence-electron chi connectivity index (χ0n) is 19.1. The number of aromatic nitrogens is 4. The van der Waals surface area contributed by atoms with E-state index in [0.29, 0.717) is 12.4 Å². The number of nitrogens with zero attached hydrogens (tertiary/aromatic N) is 3. The van der Waals surface area contributed by atoms with Crippen molar-refractivity contribution in [2.75, 3.05) is 24.4 Å². The van der Waals surface area contributed by atoms with Crippen LogP contribution in [0, 0.1) is 12.8 Å². The Balaban J connectivity index is 0.000000152. The lowest BCUT2D eigenvalue weighted by atomic mass is 10.2. The van der Waals surface area contributed by atoms with Gasteiger partial charge in [-0.25, -0.2) is 9.97 Å². The number of methoxy groups -OCH3 is 1. The summed E-state index contributed by atoms with van der Waals surface area (Å²) < 4.78 is 10.6. The number of carbonyl (C=O) groups excluding carboxylic acids is 1. The first kappa shape index (κ1) is 21.7. The second kappa shape index (κ2) is 9.38. The number of nitrogens with one attached hydrogen (secondary N) is 3. The molecule has 3 heterocycles. The van der Waals surface area contributed by atoms with Crippen LogP contribution in [-0.2, 0) is 11.2 Å². The average Bonchev–Trinajstić information content (AvgIpc) is 3.48. The molecule has 9 nitrogen and oxygen atoms in total. The van der Waals surface area contributed by atoms with Crippen LogP contribution in [0.25, 0.3) is 10.9 Å². The minimum absolute atomic E-state index is 0.134. The SMILES string of the molecule is COc1ccc(NC(=O)C2CC2)cc1.Cc1nc2c(c(Nc3n[nH]c4ccccc34)n1)OCC2. The number of aromatic amines is 1. The van der Waals surface area contributed by atoms with Crippen molar-refractivity contribution in [1.82, 2.24) is 20.2 Å². The Kier molecular flexibility index (Phi) is 5.99. The molecular formula is C25H26N6O3. The lowest BCUT2D eigenvalue weighted by Crippen LogP contribution is -2.12. The van der Waals surface area contributed by atoms with Crippen LogP contribution in [0.3, 0.4) is 0 Å². The fraction of sp³-hybridized carbons (Fsp3) is 0.280. The van der Waals surface area contributed by atoms with Gasteiger partial charge in [0.2, 0.25) is 5.91 Å². The Labute approximate surface area is 196 Å². The first-order valence-electron chi connectivity index (χ1n) is 11.3. The highest BCUT2D eigenvalue weighted by Crippen LogP contribution is 2.34. The predicted molar refractivity (Wildman–Crippen MR) is 130 cm³/mol. The minimum atomic E-state index is 0.134. The summed E-state index contributed by atoms with van der Waals surface area (Å²) in [5.74, 6) is 4.08. The van der Waals surface area contributed by atoms with E-state index in [-0.39, 0.29) is 11.8 Å². The summed E-state index contributed by atoms with van der Waals surface area (Å²) in [6, 6.07) is 15.3. The molecule has 4 aromatic rings. The van der Waals surface area contributed by atoms with Crippen LogP contribution >= 0.6 is 0 Å². The van der Waals surface area contributed by atoms with Gasteiger partial charge in [-0.05, 0) is 56.2 Å². The van der Waals surface area contributed by atoms with Crippen molar-refractivity contribution in [3.63, 3.8) is 0 Å². The Morgan fingerprint density at radius 1 is 1.09 bits per heavy atom. The number of hydrogen-bond acceptors (Lipinski definition) is 7. The molecule has 174 valence electrons. The molecule has 0 bridgehead atoms. The fourth-order valence-corrected chi connectivity index (χ4v) is 3.71. The highest BCUT2D eigenvalue weighted by Gasteiger charge is 2.29. The molecule has 0 spiro atoms. The number of ether oxygens (including phenoxy) is 2. The number of anilines is 3. The molecule has 0 radical (unpaired) electrons. The van der Waals surface area contributed by atoms with Gasteiger partial charge < -0.3 is 20.1 Å². The van der Waals surface area contributed by atoms with Crippen molar-refractivity contribution in [3.8, 4) is 11.5 Å². The summed E-state index contributed by atoms with van der Waals surface area (Å²) in [7, 11) is 1.62. The van der Waals surface area contributed by atoms with E-state index >= 15 is 0 Å². The summed E-state index contributed by atoms with van der Waals surface area (Å²) in [5.41, 5.74) is 2.78. The minimum Gasteiger partial charge on any atom is -0.497 e. The van der Waals surface area contributed by atoms with Crippen molar-refractivity contribution >= 4 is 34.1 Å². The monoisotopic (exact) mass is 458 g/mol. The topological polar surface area (TPSA) is 114 Å². The van der Waals surface area contributed by atoms with E-state index in [2.05, 4.69) is 30.8 Å². The molecule has 0 saturated heterocycles. The van der Waals surface area contributed by atoms with E-state index in [1.165, 1.54) is 0 Å². The van der Waals surface area contributed by atoms with E-state index < -0.39 is 0 Å². The molecule has 1 aliphatic carbocycles. The Morgan fingerprint density at radius 3 is 2.65 bits per heavy atom. The number of benzene rings is 2. The molecule has 2 aromatic carbocycles. The van der Waals surface area contributed by atoms with Gasteiger partial charge >= 0.3 is 0 Å². The zero-order chi connectivity index (χ0) is 23.5. The van der Waals surface area contributed by atoms with Crippen molar-refractivity contribution in [2.45, 2.75) is 26.2 Å². The molecule has 34 heavy (non-hydrogen) atoms. The van der Waals surface area contributed by atoms with Crippen molar-refractivity contribution in [3.05, 3.63) is 60.0 Å². The summed E-state index contributed by atoms with van der Waals surface area (Å²) >= 11 is 0. The van der Waals surface area contributed by atoms with Gasteiger partial charge in [0.05, 0.1) is 24.9 Å². The molecule has 2 aromatic heterocycles. The molecule has 3 N–H and O–H groups in total. The van der Waals surface area contributed by atoms with Gasteiger partial charge in [-0.2, -0.15) is 5.10 Å². The average molecular weight is 459 g/mol. The van der Waals surface area contributed by atoms with Gasteiger partial charge in [0.15, 0.2) is 17.4 Å². The maximum Gasteiger partial charge on any atom is 0.227 e. The van der Waals surface area contributed by atoms with Crippen LogP contribution < -0.4 is 20.1 Å². The molecule has 0 atom stereocenters. The van der Waals surface area contributed by atoms with Crippen LogP contribution in [0.5, 0.6) is 11.5 Å². The number of para-hydroxylation sites is 1. The van der Waals surface area contributed by atoms with E-state index in [4.69, 9.17) is 9.47 Å². The highest BCUT2D eigenvalue weighted by molar-refractivity contribution is 5.94. The third-order valence-corrected chi connectivity index (χ3v) is 5.65. The first-order valence-corrected chi connectivity index (χ1v) is 11.3. The van der Waals surface area contributed by atoms with Gasteiger partial charge in [-0.15, -0.1) is 0 Å². The Morgan fingerprint density at radius 2 is 1.88 bits per heavy atom. The molecular weight excluding hydrogens is 432 g/mol. The van der Waals surface area contributed by atoms with Gasteiger partial charge in [-0.3, -0.25) is 9.89 Å². The van der Waals surface area contributed by atoms with Crippen LogP contribution in [0.15, 0.2) is 48.5 Å². The molecule has 1 fully saturated rings.